The van der Waals surface area contributed by atoms with E-state index in [2.05, 4.69) is 35.8 Å². The van der Waals surface area contributed by atoms with E-state index in [1.807, 2.05) is 0 Å². The van der Waals surface area contributed by atoms with Crippen molar-refractivity contribution in [2.45, 2.75) is 32.4 Å². The van der Waals surface area contributed by atoms with Crippen molar-refractivity contribution in [2.24, 2.45) is 5.73 Å². The molecule has 0 bridgehead atoms. The van der Waals surface area contributed by atoms with Gasteiger partial charge in [-0.2, -0.15) is 0 Å². The van der Waals surface area contributed by atoms with E-state index in [1.165, 1.54) is 17.7 Å². The van der Waals surface area contributed by atoms with Crippen LogP contribution in [0.4, 0.5) is 5.13 Å². The molecule has 4 nitrogen and oxygen atoms in total. The van der Waals surface area contributed by atoms with Crippen molar-refractivity contribution < 1.29 is 0 Å². The van der Waals surface area contributed by atoms with E-state index in [0.29, 0.717) is 12.6 Å². The Morgan fingerprint density at radius 1 is 1.53 bits per heavy atom. The van der Waals surface area contributed by atoms with Crippen LogP contribution in [0.3, 0.4) is 0 Å². The van der Waals surface area contributed by atoms with E-state index in [0.717, 1.165) is 23.9 Å². The van der Waals surface area contributed by atoms with Crippen molar-refractivity contribution >= 4 is 16.5 Å². The van der Waals surface area contributed by atoms with E-state index in [1.54, 1.807) is 11.3 Å². The van der Waals surface area contributed by atoms with Crippen LogP contribution in [0.2, 0.25) is 0 Å². The van der Waals surface area contributed by atoms with Crippen molar-refractivity contribution in [1.82, 2.24) is 9.88 Å². The van der Waals surface area contributed by atoms with Crippen LogP contribution >= 0.6 is 11.3 Å². The van der Waals surface area contributed by atoms with Crippen LogP contribution in [0.25, 0.3) is 0 Å². The predicted octanol–water partition coefficient (Wildman–Crippen LogP) is 1.44. The highest BCUT2D eigenvalue weighted by Gasteiger charge is 2.27. The van der Waals surface area contributed by atoms with Gasteiger partial charge in [-0.25, -0.2) is 4.98 Å². The maximum Gasteiger partial charge on any atom is 0.186 e. The second kappa shape index (κ2) is 5.33. The molecule has 1 atom stereocenters. The fourth-order valence-corrected chi connectivity index (χ4v) is 3.46. The average molecular weight is 254 g/mol. The smallest absolute Gasteiger partial charge is 0.186 e. The standard InChI is InChI=1S/C12H22N4S/c1-9-11(7-13)17-12(14-9)16-6-4-5-10(16)8-15(2)3/h10H,4-8,13H2,1-3H3. The van der Waals surface area contributed by atoms with Crippen LogP contribution in [0.1, 0.15) is 23.4 Å². The first-order chi connectivity index (χ1) is 8.11. The quantitative estimate of drug-likeness (QED) is 0.883. The third-order valence-corrected chi connectivity index (χ3v) is 4.48. The summed E-state index contributed by atoms with van der Waals surface area (Å²) in [7, 11) is 4.27. The Labute approximate surface area is 107 Å². The van der Waals surface area contributed by atoms with Crippen LogP contribution in [-0.2, 0) is 6.54 Å². The Morgan fingerprint density at radius 2 is 2.29 bits per heavy atom. The molecule has 0 spiro atoms. The van der Waals surface area contributed by atoms with Crippen molar-refractivity contribution in [1.29, 1.82) is 0 Å². The fourth-order valence-electron chi connectivity index (χ4n) is 2.42. The van der Waals surface area contributed by atoms with Crippen LogP contribution < -0.4 is 10.6 Å². The number of hydrogen-bond acceptors (Lipinski definition) is 5. The Kier molecular flexibility index (Phi) is 4.01. The van der Waals surface area contributed by atoms with E-state index >= 15 is 0 Å². The van der Waals surface area contributed by atoms with Gasteiger partial charge < -0.3 is 15.5 Å². The molecule has 0 saturated carbocycles. The van der Waals surface area contributed by atoms with E-state index < -0.39 is 0 Å². The van der Waals surface area contributed by atoms with E-state index in [-0.39, 0.29) is 0 Å². The lowest BCUT2D eigenvalue weighted by atomic mass is 10.2. The molecule has 1 aromatic rings. The molecule has 1 unspecified atom stereocenters. The second-order valence-electron chi connectivity index (χ2n) is 4.96. The van der Waals surface area contributed by atoms with Gasteiger partial charge in [0, 0.05) is 30.6 Å². The summed E-state index contributed by atoms with van der Waals surface area (Å²) >= 11 is 1.76. The zero-order valence-corrected chi connectivity index (χ0v) is 11.8. The van der Waals surface area contributed by atoms with Gasteiger partial charge in [-0.3, -0.25) is 0 Å². The molecule has 1 fully saturated rings. The first-order valence-corrected chi connectivity index (χ1v) is 7.01. The minimum Gasteiger partial charge on any atom is -0.344 e. The number of anilines is 1. The lowest BCUT2D eigenvalue weighted by Crippen LogP contribution is -2.37. The third kappa shape index (κ3) is 2.78. The molecule has 1 aromatic heterocycles. The van der Waals surface area contributed by atoms with Gasteiger partial charge in [0.05, 0.1) is 5.69 Å². The number of likely N-dealkylation sites (N-methyl/N-ethyl adjacent to an activating group) is 1. The van der Waals surface area contributed by atoms with Gasteiger partial charge >= 0.3 is 0 Å². The molecule has 1 aliphatic heterocycles. The normalized spacial score (nSPS) is 20.5. The number of thiazole rings is 1. The Balaban J connectivity index is 2.14. The number of rotatable bonds is 4. The zero-order chi connectivity index (χ0) is 12.4. The van der Waals surface area contributed by atoms with Crippen molar-refractivity contribution in [3.05, 3.63) is 10.6 Å². The van der Waals surface area contributed by atoms with Gasteiger partial charge in [0.25, 0.3) is 0 Å². The van der Waals surface area contributed by atoms with Gasteiger partial charge in [0.2, 0.25) is 0 Å². The highest BCUT2D eigenvalue weighted by Crippen LogP contribution is 2.31. The van der Waals surface area contributed by atoms with Crippen LogP contribution in [0, 0.1) is 6.92 Å². The van der Waals surface area contributed by atoms with Crippen LogP contribution in [0.15, 0.2) is 0 Å². The van der Waals surface area contributed by atoms with E-state index in [4.69, 9.17) is 5.73 Å². The molecule has 0 aliphatic carbocycles. The molecule has 2 heterocycles. The number of aryl methyl sites for hydroxylation is 1. The highest BCUT2D eigenvalue weighted by molar-refractivity contribution is 7.15. The first kappa shape index (κ1) is 12.8. The van der Waals surface area contributed by atoms with Gasteiger partial charge in [0.1, 0.15) is 0 Å². The maximum atomic E-state index is 5.72. The summed E-state index contributed by atoms with van der Waals surface area (Å²) in [5.74, 6) is 0. The lowest BCUT2D eigenvalue weighted by molar-refractivity contribution is 0.372. The maximum absolute atomic E-state index is 5.72. The van der Waals surface area contributed by atoms with Crippen LogP contribution in [0.5, 0.6) is 0 Å². The molecule has 17 heavy (non-hydrogen) atoms. The minimum absolute atomic E-state index is 0.607. The molecule has 0 aromatic carbocycles. The molecule has 2 rings (SSSR count). The second-order valence-corrected chi connectivity index (χ2v) is 6.02. The van der Waals surface area contributed by atoms with Crippen molar-refractivity contribution in [3.63, 3.8) is 0 Å². The number of nitrogens with zero attached hydrogens (tertiary/aromatic N) is 3. The average Bonchev–Trinajstić information content (AvgIpc) is 2.83. The predicted molar refractivity (Wildman–Crippen MR) is 73.7 cm³/mol. The molecule has 0 amide bonds. The van der Waals surface area contributed by atoms with Gasteiger partial charge in [-0.1, -0.05) is 0 Å². The van der Waals surface area contributed by atoms with Crippen molar-refractivity contribution in [3.8, 4) is 0 Å². The number of hydrogen-bond donors (Lipinski definition) is 1. The summed E-state index contributed by atoms with van der Waals surface area (Å²) in [6, 6.07) is 0.612. The summed E-state index contributed by atoms with van der Waals surface area (Å²) in [6.45, 7) is 4.90. The largest absolute Gasteiger partial charge is 0.344 e. The number of aromatic nitrogens is 1. The molecule has 1 aliphatic rings. The highest BCUT2D eigenvalue weighted by atomic mass is 32.1. The summed E-state index contributed by atoms with van der Waals surface area (Å²) in [6.07, 6.45) is 2.55. The Bertz CT molecular complexity index is 375. The summed E-state index contributed by atoms with van der Waals surface area (Å²) in [4.78, 5) is 10.6. The lowest BCUT2D eigenvalue weighted by Gasteiger charge is -2.26. The third-order valence-electron chi connectivity index (χ3n) is 3.27. The van der Waals surface area contributed by atoms with Crippen LogP contribution in [-0.4, -0.2) is 43.1 Å². The van der Waals surface area contributed by atoms with Gasteiger partial charge in [-0.05, 0) is 33.9 Å². The SMILES string of the molecule is Cc1nc(N2CCCC2CN(C)C)sc1CN. The molecule has 5 heteroatoms. The molecule has 96 valence electrons. The topological polar surface area (TPSA) is 45.4 Å². The molecule has 2 N–H and O–H groups in total. The molecular formula is C12H22N4S. The Hall–Kier alpha value is -0.650. The minimum atomic E-state index is 0.607. The van der Waals surface area contributed by atoms with Gasteiger partial charge in [0.15, 0.2) is 5.13 Å². The molecule has 0 radical (unpaired) electrons. The number of nitrogens with two attached hydrogens (primary N) is 1. The summed E-state index contributed by atoms with van der Waals surface area (Å²) in [5.41, 5.74) is 6.82. The Morgan fingerprint density at radius 3 is 2.88 bits per heavy atom. The van der Waals surface area contributed by atoms with Crippen molar-refractivity contribution in [2.75, 3.05) is 32.1 Å². The molecule has 1 saturated heterocycles. The van der Waals surface area contributed by atoms with Gasteiger partial charge in [-0.15, -0.1) is 11.3 Å². The first-order valence-electron chi connectivity index (χ1n) is 6.19. The summed E-state index contributed by atoms with van der Waals surface area (Å²) in [5, 5.41) is 1.16. The fraction of sp³-hybridized carbons (Fsp3) is 0.750. The van der Waals surface area contributed by atoms with E-state index in [9.17, 15) is 0 Å². The molecular weight excluding hydrogens is 232 g/mol. The zero-order valence-electron chi connectivity index (χ0n) is 10.9. The monoisotopic (exact) mass is 254 g/mol. The summed E-state index contributed by atoms with van der Waals surface area (Å²) < 4.78 is 0.